The van der Waals surface area contributed by atoms with Gasteiger partial charge in [-0.15, -0.1) is 5.10 Å². The number of hydrogen-bond acceptors (Lipinski definition) is 5. The standard InChI is InChI=1S/C12H14BrN5O2/c1-8-5-10(13)12(11(6-8)18(19)20)17-7-9(15-16-17)3-2-4-14/h5-7H,2-4,14H2,1H3. The summed E-state index contributed by atoms with van der Waals surface area (Å²) in [5.74, 6) is 0. The lowest BCUT2D eigenvalue weighted by Gasteiger charge is -2.06. The summed E-state index contributed by atoms with van der Waals surface area (Å²) in [4.78, 5) is 10.8. The SMILES string of the molecule is Cc1cc(Br)c(-n2cc(CCCN)nn2)c([N+](=O)[O-])c1. The highest BCUT2D eigenvalue weighted by atomic mass is 79.9. The number of halogens is 1. The third-order valence-electron chi connectivity index (χ3n) is 2.79. The van der Waals surface area contributed by atoms with Gasteiger partial charge in [-0.2, -0.15) is 0 Å². The number of hydrogen-bond donors (Lipinski definition) is 1. The average Bonchev–Trinajstić information content (AvgIpc) is 2.83. The van der Waals surface area contributed by atoms with Crippen LogP contribution in [0.15, 0.2) is 22.8 Å². The monoisotopic (exact) mass is 339 g/mol. The van der Waals surface area contributed by atoms with Gasteiger partial charge in [0.1, 0.15) is 0 Å². The van der Waals surface area contributed by atoms with Gasteiger partial charge in [0, 0.05) is 6.07 Å². The van der Waals surface area contributed by atoms with Gasteiger partial charge in [-0.3, -0.25) is 10.1 Å². The van der Waals surface area contributed by atoms with Crippen LogP contribution in [0.1, 0.15) is 17.7 Å². The number of nitrogens with zero attached hydrogens (tertiary/aromatic N) is 4. The molecule has 1 aromatic heterocycles. The molecule has 0 atom stereocenters. The molecule has 20 heavy (non-hydrogen) atoms. The summed E-state index contributed by atoms with van der Waals surface area (Å²) in [6.45, 7) is 2.37. The van der Waals surface area contributed by atoms with E-state index < -0.39 is 4.92 Å². The maximum absolute atomic E-state index is 11.2. The van der Waals surface area contributed by atoms with Crippen molar-refractivity contribution in [2.24, 2.45) is 5.73 Å². The summed E-state index contributed by atoms with van der Waals surface area (Å²) < 4.78 is 2.03. The summed E-state index contributed by atoms with van der Waals surface area (Å²) in [6.07, 6.45) is 3.20. The molecule has 106 valence electrons. The Morgan fingerprint density at radius 1 is 1.50 bits per heavy atom. The van der Waals surface area contributed by atoms with Gasteiger partial charge in [0.15, 0.2) is 5.69 Å². The molecule has 0 aliphatic carbocycles. The summed E-state index contributed by atoms with van der Waals surface area (Å²) in [5, 5.41) is 19.2. The zero-order chi connectivity index (χ0) is 14.7. The van der Waals surface area contributed by atoms with Gasteiger partial charge >= 0.3 is 0 Å². The molecule has 0 aliphatic heterocycles. The van der Waals surface area contributed by atoms with Crippen molar-refractivity contribution >= 4 is 21.6 Å². The van der Waals surface area contributed by atoms with Crippen molar-refractivity contribution in [1.29, 1.82) is 0 Å². The molecule has 0 amide bonds. The fourth-order valence-electron chi connectivity index (χ4n) is 1.89. The largest absolute Gasteiger partial charge is 0.330 e. The van der Waals surface area contributed by atoms with E-state index in [1.807, 2.05) is 6.07 Å². The van der Waals surface area contributed by atoms with E-state index in [9.17, 15) is 10.1 Å². The number of nitro benzene ring substituents is 1. The number of benzene rings is 1. The van der Waals surface area contributed by atoms with E-state index in [1.54, 1.807) is 13.1 Å². The van der Waals surface area contributed by atoms with Gasteiger partial charge in [0.05, 0.1) is 21.3 Å². The topological polar surface area (TPSA) is 99.9 Å². The van der Waals surface area contributed by atoms with E-state index >= 15 is 0 Å². The molecule has 0 bridgehead atoms. The van der Waals surface area contributed by atoms with Crippen molar-refractivity contribution in [3.63, 3.8) is 0 Å². The molecule has 2 aromatic rings. The van der Waals surface area contributed by atoms with Crippen LogP contribution in [0.2, 0.25) is 0 Å². The van der Waals surface area contributed by atoms with Crippen LogP contribution in [0.5, 0.6) is 0 Å². The van der Waals surface area contributed by atoms with Crippen LogP contribution >= 0.6 is 15.9 Å². The quantitative estimate of drug-likeness (QED) is 0.664. The number of aryl methyl sites for hydroxylation is 2. The Hall–Kier alpha value is -1.80. The zero-order valence-corrected chi connectivity index (χ0v) is 12.5. The van der Waals surface area contributed by atoms with E-state index in [4.69, 9.17) is 5.73 Å². The van der Waals surface area contributed by atoms with E-state index in [0.29, 0.717) is 23.1 Å². The number of nitrogens with two attached hydrogens (primary N) is 1. The van der Waals surface area contributed by atoms with E-state index in [1.165, 1.54) is 10.7 Å². The predicted octanol–water partition coefficient (Wildman–Crippen LogP) is 2.14. The molecule has 7 nitrogen and oxygen atoms in total. The van der Waals surface area contributed by atoms with Gasteiger partial charge in [-0.05, 0) is 53.9 Å². The Balaban J connectivity index is 2.46. The molecule has 1 aromatic carbocycles. The Morgan fingerprint density at radius 3 is 2.90 bits per heavy atom. The maximum atomic E-state index is 11.2. The molecule has 0 unspecified atom stereocenters. The minimum Gasteiger partial charge on any atom is -0.330 e. The van der Waals surface area contributed by atoms with Crippen LogP contribution in [0.25, 0.3) is 5.69 Å². The van der Waals surface area contributed by atoms with Crippen molar-refractivity contribution in [2.45, 2.75) is 19.8 Å². The van der Waals surface area contributed by atoms with Gasteiger partial charge in [-0.25, -0.2) is 4.68 Å². The molecule has 0 saturated carbocycles. The Kier molecular flexibility index (Phi) is 4.46. The Bertz CT molecular complexity index is 641. The lowest BCUT2D eigenvalue weighted by atomic mass is 10.2. The minimum absolute atomic E-state index is 0.00727. The van der Waals surface area contributed by atoms with Crippen molar-refractivity contribution < 1.29 is 4.92 Å². The molecule has 0 spiro atoms. The number of nitro groups is 1. The molecular formula is C12H14BrN5O2. The van der Waals surface area contributed by atoms with Crippen LogP contribution < -0.4 is 5.73 Å². The normalized spacial score (nSPS) is 10.8. The first-order valence-electron chi connectivity index (χ1n) is 6.09. The van der Waals surface area contributed by atoms with Crippen LogP contribution in [0.3, 0.4) is 0 Å². The van der Waals surface area contributed by atoms with Gasteiger partial charge in [0.2, 0.25) is 0 Å². The van der Waals surface area contributed by atoms with Crippen LogP contribution in [0.4, 0.5) is 5.69 Å². The third kappa shape index (κ3) is 3.02. The molecule has 0 aliphatic rings. The predicted molar refractivity (Wildman–Crippen MR) is 77.8 cm³/mol. The zero-order valence-electron chi connectivity index (χ0n) is 10.9. The smallest absolute Gasteiger partial charge is 0.296 e. The van der Waals surface area contributed by atoms with E-state index in [-0.39, 0.29) is 5.69 Å². The second-order valence-corrected chi connectivity index (χ2v) is 5.27. The van der Waals surface area contributed by atoms with E-state index in [2.05, 4.69) is 26.2 Å². The van der Waals surface area contributed by atoms with E-state index in [0.717, 1.165) is 17.7 Å². The summed E-state index contributed by atoms with van der Waals surface area (Å²) >= 11 is 3.35. The summed E-state index contributed by atoms with van der Waals surface area (Å²) in [6, 6.07) is 3.32. The average molecular weight is 340 g/mol. The summed E-state index contributed by atoms with van der Waals surface area (Å²) in [5.41, 5.74) is 7.38. The van der Waals surface area contributed by atoms with Crippen LogP contribution in [-0.4, -0.2) is 26.5 Å². The first-order chi connectivity index (χ1) is 9.52. The first kappa shape index (κ1) is 14.6. The number of aromatic nitrogens is 3. The van der Waals surface area contributed by atoms with Gasteiger partial charge in [0.25, 0.3) is 5.69 Å². The molecule has 8 heteroatoms. The molecule has 0 fully saturated rings. The van der Waals surface area contributed by atoms with Crippen LogP contribution in [0, 0.1) is 17.0 Å². The maximum Gasteiger partial charge on any atom is 0.296 e. The molecule has 0 saturated heterocycles. The third-order valence-corrected chi connectivity index (χ3v) is 3.40. The molecule has 1 heterocycles. The van der Waals surface area contributed by atoms with Gasteiger partial charge in [-0.1, -0.05) is 5.21 Å². The Morgan fingerprint density at radius 2 is 2.25 bits per heavy atom. The van der Waals surface area contributed by atoms with Crippen molar-refractivity contribution in [3.8, 4) is 5.69 Å². The van der Waals surface area contributed by atoms with Crippen molar-refractivity contribution in [3.05, 3.63) is 44.2 Å². The Labute approximate surface area is 124 Å². The lowest BCUT2D eigenvalue weighted by Crippen LogP contribution is -2.03. The fraction of sp³-hybridized carbons (Fsp3) is 0.333. The van der Waals surface area contributed by atoms with Gasteiger partial charge < -0.3 is 5.73 Å². The molecule has 2 N–H and O–H groups in total. The molecular weight excluding hydrogens is 326 g/mol. The lowest BCUT2D eigenvalue weighted by molar-refractivity contribution is -0.384. The highest BCUT2D eigenvalue weighted by Crippen LogP contribution is 2.31. The molecule has 2 rings (SSSR count). The van der Waals surface area contributed by atoms with Crippen molar-refractivity contribution in [1.82, 2.24) is 15.0 Å². The molecule has 0 radical (unpaired) electrons. The highest BCUT2D eigenvalue weighted by molar-refractivity contribution is 9.10. The number of rotatable bonds is 5. The highest BCUT2D eigenvalue weighted by Gasteiger charge is 2.20. The second kappa shape index (κ2) is 6.10. The summed E-state index contributed by atoms with van der Waals surface area (Å²) in [7, 11) is 0. The fourth-order valence-corrected chi connectivity index (χ4v) is 2.63. The first-order valence-corrected chi connectivity index (χ1v) is 6.88. The minimum atomic E-state index is -0.422. The van der Waals surface area contributed by atoms with Crippen molar-refractivity contribution in [2.75, 3.05) is 6.54 Å². The van der Waals surface area contributed by atoms with Crippen LogP contribution in [-0.2, 0) is 6.42 Å². The second-order valence-electron chi connectivity index (χ2n) is 4.42.